The minimum atomic E-state index is -0.452. The maximum absolute atomic E-state index is 12.7. The van der Waals surface area contributed by atoms with Crippen LogP contribution in [0.4, 0.5) is 0 Å². The van der Waals surface area contributed by atoms with Crippen molar-refractivity contribution in [3.05, 3.63) is 52.1 Å². The van der Waals surface area contributed by atoms with Crippen molar-refractivity contribution in [3.8, 4) is 5.75 Å². The molecule has 4 aliphatic carbocycles. The zero-order valence-electron chi connectivity index (χ0n) is 36.5. The quantitative estimate of drug-likeness (QED) is 0.166. The Hall–Kier alpha value is -8.56. The molecule has 29 aromatic carbocycles. The largest absolute Gasteiger partial charge is 0.508 e. The predicted molar refractivity (Wildman–Crippen MR) is 297 cm³/mol. The number of aromatic hydroxyl groups is 1. The van der Waals surface area contributed by atoms with Gasteiger partial charge in [-0.25, -0.2) is 0 Å². The lowest BCUT2D eigenvalue weighted by Crippen LogP contribution is -2.51. The maximum Gasteiger partial charge on any atom is 0.120 e. The molecule has 1 saturated heterocycles. The average Bonchev–Trinajstić information content (AvgIpc) is 4.37. The van der Waals surface area contributed by atoms with Gasteiger partial charge in [0.05, 0.1) is 16.9 Å². The molecule has 2 nitrogen and oxygen atoms in total. The summed E-state index contributed by atoms with van der Waals surface area (Å²) < 4.78 is 0. The van der Waals surface area contributed by atoms with Gasteiger partial charge in [0.2, 0.25) is 0 Å². The Morgan fingerprint density at radius 2 is 0.493 bits per heavy atom. The fourth-order valence-electron chi connectivity index (χ4n) is 26.2. The topological polar surface area (TPSA) is 23.5 Å². The molecule has 1 fully saturated rings. The minimum absolute atomic E-state index is 0.0561. The van der Waals surface area contributed by atoms with Gasteiger partial charge in [0.15, 0.2) is 0 Å². The highest BCUT2D eigenvalue weighted by atomic mass is 16.3. The van der Waals surface area contributed by atoms with Gasteiger partial charge in [-0.15, -0.1) is 0 Å². The summed E-state index contributed by atoms with van der Waals surface area (Å²) >= 11 is 0. The van der Waals surface area contributed by atoms with Crippen molar-refractivity contribution < 1.29 is 5.11 Å². The number of phenols is 1. The molecule has 1 N–H and O–H groups in total. The number of para-hydroxylation sites is 1. The average molecular weight is 870 g/mol. The van der Waals surface area contributed by atoms with E-state index in [1.807, 2.05) is 6.07 Å². The van der Waals surface area contributed by atoms with Gasteiger partial charge in [-0.2, -0.15) is 0 Å². The molecular weight excluding hydrogens is 859 g/mol. The summed E-state index contributed by atoms with van der Waals surface area (Å²) in [6.45, 7) is 0.946. The summed E-state index contributed by atoms with van der Waals surface area (Å²) in [7, 11) is 2.47. The van der Waals surface area contributed by atoms with Gasteiger partial charge in [-0.3, -0.25) is 4.90 Å². The Morgan fingerprint density at radius 3 is 0.718 bits per heavy atom. The van der Waals surface area contributed by atoms with Crippen LogP contribution in [0.1, 0.15) is 33.9 Å². The van der Waals surface area contributed by atoms with Crippen LogP contribution in [0.25, 0.3) is 291 Å². The first-order valence-corrected chi connectivity index (χ1v) is 26.5. The number of likely N-dealkylation sites (tertiary alicyclic amines) is 1. The summed E-state index contributed by atoms with van der Waals surface area (Å²) in [5.74, 6) is 0.457. The summed E-state index contributed by atoms with van der Waals surface area (Å²) in [4.78, 5) is 2.81. The Morgan fingerprint density at radius 1 is 0.296 bits per heavy atom. The highest BCUT2D eigenvalue weighted by Crippen LogP contribution is 2.87. The van der Waals surface area contributed by atoms with E-state index in [0.29, 0.717) is 5.75 Å². The SMILES string of the molecule is CN1CC23c4c5c6c7c8c9c(c%10c%11c2c2c4c4c%12c5c5c6c6c8c8c%13c9c9c%10c%10c%11c%11c2c2c4c4c%12c%12c5c5c6c8c6c8c%13c9c9c%10c%10c%11c2c2c4c4c%12c5c6c5c8c9c%10c2c45)C73C1c1ccccc1O. The van der Waals surface area contributed by atoms with Gasteiger partial charge in [-0.05, 0) is 326 Å². The van der Waals surface area contributed by atoms with Crippen LogP contribution >= 0.6 is 0 Å². The molecule has 29 aromatic rings. The molecule has 5 aliphatic rings. The van der Waals surface area contributed by atoms with Gasteiger partial charge in [0.1, 0.15) is 5.75 Å². The van der Waals surface area contributed by atoms with Crippen LogP contribution in [-0.4, -0.2) is 23.6 Å². The van der Waals surface area contributed by atoms with Crippen LogP contribution in [0, 0.1) is 0 Å². The second-order valence-electron chi connectivity index (χ2n) is 26.3. The Labute approximate surface area is 387 Å². The van der Waals surface area contributed by atoms with Crippen LogP contribution in [-0.2, 0) is 10.8 Å². The third-order valence-corrected chi connectivity index (χ3v) is 26.1. The second kappa shape index (κ2) is 5.94. The predicted octanol–water partition coefficient (Wildman–Crippen LogP) is 17.7. The number of benzene rings is 19. The van der Waals surface area contributed by atoms with Crippen molar-refractivity contribution in [1.82, 2.24) is 4.90 Å². The summed E-state index contributed by atoms with van der Waals surface area (Å²) in [5.41, 5.74) is 7.07. The van der Waals surface area contributed by atoms with E-state index in [2.05, 4.69) is 30.1 Å². The first-order valence-electron chi connectivity index (χ1n) is 26.5. The smallest absolute Gasteiger partial charge is 0.120 e. The second-order valence-corrected chi connectivity index (χ2v) is 26.3. The zero-order valence-corrected chi connectivity index (χ0v) is 36.5. The van der Waals surface area contributed by atoms with Crippen LogP contribution in [0.15, 0.2) is 24.3 Å². The summed E-state index contributed by atoms with van der Waals surface area (Å²) in [5, 5.41) is 101. The van der Waals surface area contributed by atoms with Gasteiger partial charge in [0, 0.05) is 12.1 Å². The molecule has 0 aromatic heterocycles. The Bertz CT molecular complexity index is 7250. The molecular formula is C69H11NO. The molecule has 1 heterocycles. The van der Waals surface area contributed by atoms with Crippen LogP contribution in [0.3, 0.4) is 0 Å². The lowest BCUT2D eigenvalue weighted by atomic mass is 9.47. The normalized spacial score (nSPS) is 23.8. The monoisotopic (exact) mass is 869 g/mol. The standard InChI is InChI=1S/C69H11NO/c1-70-6-68-63-55-47-37-27-19-11-9-10-13-17-15(11)23-31-25(17)35-29-21(13)22-14(10)18-16-12(9)20(19)28-34-24(16)32-26(18)36-30(22)40-39(29)51-45(35)53-43(31)49(41(47)33(23)27)57(63)59(53)65-61(51)62-52(40)46(36)54-44(32)50-42(34)48(38(28)37)56(55)64(68)58(50)60(54)66(62)69(65,68)67(70)7-4-2-3-5-8(7)71/h2-5,67,71H,6H2,1H3. The minimum Gasteiger partial charge on any atom is -0.508 e. The molecule has 1 atom stereocenters. The van der Waals surface area contributed by atoms with Crippen molar-refractivity contribution >= 4 is 291 Å². The molecule has 1 aliphatic heterocycles. The third-order valence-electron chi connectivity index (χ3n) is 26.1. The summed E-state index contributed by atoms with van der Waals surface area (Å²) in [6, 6.07) is 8.59. The van der Waals surface area contributed by atoms with E-state index in [9.17, 15) is 5.11 Å². The van der Waals surface area contributed by atoms with Gasteiger partial charge < -0.3 is 5.11 Å². The molecule has 298 valence electrons. The van der Waals surface area contributed by atoms with Gasteiger partial charge in [-0.1, -0.05) is 18.2 Å². The Kier molecular flexibility index (Phi) is 2.21. The summed E-state index contributed by atoms with van der Waals surface area (Å²) in [6.07, 6.45) is 0. The number of hydrogen-bond donors (Lipinski definition) is 1. The van der Waals surface area contributed by atoms with E-state index in [0.717, 1.165) is 12.1 Å². The van der Waals surface area contributed by atoms with Crippen molar-refractivity contribution in [2.24, 2.45) is 0 Å². The molecule has 1 unspecified atom stereocenters. The number of rotatable bonds is 1. The molecule has 2 heteroatoms. The molecule has 0 bridgehead atoms. The molecule has 71 heavy (non-hydrogen) atoms. The fraction of sp³-hybridized carbons (Fsp3) is 0.0725. The molecule has 2 spiro atoms. The van der Waals surface area contributed by atoms with E-state index in [1.54, 1.807) is 313 Å². The van der Waals surface area contributed by atoms with E-state index in [4.69, 9.17) is 0 Å². The van der Waals surface area contributed by atoms with E-state index >= 15 is 0 Å². The first kappa shape index (κ1) is 26.4. The molecule has 0 amide bonds. The van der Waals surface area contributed by atoms with Gasteiger partial charge in [0.25, 0.3) is 0 Å². The molecule has 0 radical (unpaired) electrons. The van der Waals surface area contributed by atoms with E-state index < -0.39 is 5.41 Å². The Balaban J connectivity index is 1.18. The van der Waals surface area contributed by atoms with Crippen molar-refractivity contribution in [1.29, 1.82) is 0 Å². The molecule has 0 saturated carbocycles. The first-order chi connectivity index (χ1) is 35.3. The lowest BCUT2D eigenvalue weighted by Gasteiger charge is -2.52. The van der Waals surface area contributed by atoms with Gasteiger partial charge >= 0.3 is 0 Å². The number of likely N-dealkylation sites (N-methyl/N-ethyl adjacent to an activating group) is 1. The van der Waals surface area contributed by atoms with Crippen molar-refractivity contribution in [2.75, 3.05) is 13.6 Å². The number of phenolic OH excluding ortho intramolecular Hbond substituents is 1. The number of nitrogens with zero attached hydrogens (tertiary/aromatic N) is 1. The van der Waals surface area contributed by atoms with Crippen molar-refractivity contribution in [3.63, 3.8) is 0 Å². The van der Waals surface area contributed by atoms with Crippen LogP contribution in [0.5, 0.6) is 5.75 Å². The van der Waals surface area contributed by atoms with E-state index in [-0.39, 0.29) is 11.5 Å². The van der Waals surface area contributed by atoms with Crippen molar-refractivity contribution in [2.45, 2.75) is 16.9 Å². The number of hydrogen-bond acceptors (Lipinski definition) is 2. The highest BCUT2D eigenvalue weighted by Gasteiger charge is 2.76. The maximum atomic E-state index is 12.7. The lowest BCUT2D eigenvalue weighted by molar-refractivity contribution is 0.264. The fourth-order valence-corrected chi connectivity index (χ4v) is 26.2. The third kappa shape index (κ3) is 1.40. The van der Waals surface area contributed by atoms with Crippen LogP contribution < -0.4 is 0 Å². The zero-order chi connectivity index (χ0) is 42.3. The molecule has 34 rings (SSSR count). The van der Waals surface area contributed by atoms with Crippen LogP contribution in [0.2, 0.25) is 0 Å². The van der Waals surface area contributed by atoms with E-state index in [1.165, 1.54) is 0 Å². The highest BCUT2D eigenvalue weighted by molar-refractivity contribution is 6.82.